The Balaban J connectivity index is 1.52. The molecule has 0 spiro atoms. The van der Waals surface area contributed by atoms with Crippen molar-refractivity contribution in [3.05, 3.63) is 36.0 Å². The van der Waals surface area contributed by atoms with Gasteiger partial charge in [-0.15, -0.1) is 5.10 Å². The van der Waals surface area contributed by atoms with Crippen molar-refractivity contribution in [3.8, 4) is 22.8 Å². The molecule has 1 amide bonds. The van der Waals surface area contributed by atoms with Crippen molar-refractivity contribution < 1.29 is 4.79 Å². The number of hydrogen-bond donors (Lipinski definition) is 3. The number of H-pyrrole nitrogens is 1. The van der Waals surface area contributed by atoms with E-state index in [0.29, 0.717) is 40.2 Å². The molecule has 3 heterocycles. The minimum Gasteiger partial charge on any atom is -0.382 e. The maximum atomic E-state index is 13.3. The van der Waals surface area contributed by atoms with E-state index in [1.54, 1.807) is 6.20 Å². The predicted molar refractivity (Wildman–Crippen MR) is 143 cm³/mol. The first kappa shape index (κ1) is 24.9. The Morgan fingerprint density at radius 1 is 1.31 bits per heavy atom. The molecule has 3 atom stereocenters. The van der Waals surface area contributed by atoms with E-state index in [-0.39, 0.29) is 11.7 Å². The monoisotopic (exact) mass is 493 g/mol. The van der Waals surface area contributed by atoms with Gasteiger partial charge in [0, 0.05) is 30.8 Å². The fourth-order valence-corrected chi connectivity index (χ4v) is 4.90. The summed E-state index contributed by atoms with van der Waals surface area (Å²) in [7, 11) is -0.685. The summed E-state index contributed by atoms with van der Waals surface area (Å²) in [6.45, 7) is 9.77. The number of hydrogen-bond acceptors (Lipinski definition) is 7. The molecule has 184 valence electrons. The number of nitrogens with two attached hydrogens (primary N) is 1. The van der Waals surface area contributed by atoms with E-state index in [4.69, 9.17) is 5.73 Å². The molecule has 0 radical (unpaired) electrons. The molecule has 10 heteroatoms. The molecule has 4 N–H and O–H groups in total. The van der Waals surface area contributed by atoms with E-state index in [0.717, 1.165) is 38.2 Å². The van der Waals surface area contributed by atoms with E-state index >= 15 is 0 Å². The first-order valence-corrected chi connectivity index (χ1v) is 14.0. The molecule has 3 aromatic rings. The molecule has 2 aromatic heterocycles. The molecular weight excluding hydrogens is 459 g/mol. The topological polar surface area (TPSA) is 126 Å². The van der Waals surface area contributed by atoms with Crippen LogP contribution in [0.2, 0.25) is 0 Å². The zero-order chi connectivity index (χ0) is 24.9. The quantitative estimate of drug-likeness (QED) is 0.432. The van der Waals surface area contributed by atoms with E-state index in [1.165, 1.54) is 6.42 Å². The number of anilines is 1. The van der Waals surface area contributed by atoms with Crippen LogP contribution in [-0.2, 0) is 0 Å². The molecule has 4 rings (SSSR count). The maximum Gasteiger partial charge on any atom is 0.352 e. The molecule has 1 saturated heterocycles. The van der Waals surface area contributed by atoms with Crippen molar-refractivity contribution in [2.24, 2.45) is 11.8 Å². The zero-order valence-electron chi connectivity index (χ0n) is 20.7. The van der Waals surface area contributed by atoms with Gasteiger partial charge < -0.3 is 16.0 Å². The van der Waals surface area contributed by atoms with Gasteiger partial charge in [-0.3, -0.25) is 9.89 Å². The Morgan fingerprint density at radius 2 is 2.09 bits per heavy atom. The first-order chi connectivity index (χ1) is 16.9. The van der Waals surface area contributed by atoms with Crippen molar-refractivity contribution in [2.45, 2.75) is 26.7 Å². The van der Waals surface area contributed by atoms with Crippen LogP contribution in [0.1, 0.15) is 37.0 Å². The minimum absolute atomic E-state index is 0.0662. The third-order valence-corrected chi connectivity index (χ3v) is 7.41. The van der Waals surface area contributed by atoms with Gasteiger partial charge >= 0.3 is 5.57 Å². The summed E-state index contributed by atoms with van der Waals surface area (Å²) in [5.41, 5.74) is 9.33. The SMILES string of the molecule is C=[P+](C)c1n[nH]c(-c2nc(-c3ccc(C(=O)N4CCNCC(C(C)CCC)C4)cc3)cnc2N)n1. The molecule has 1 aliphatic rings. The maximum absolute atomic E-state index is 13.3. The summed E-state index contributed by atoms with van der Waals surface area (Å²) < 4.78 is 0. The summed E-state index contributed by atoms with van der Waals surface area (Å²) >= 11 is 0. The number of nitrogens with zero attached hydrogens (tertiary/aromatic N) is 5. The number of nitrogens with one attached hydrogen (secondary N) is 2. The smallest absolute Gasteiger partial charge is 0.352 e. The molecule has 9 nitrogen and oxygen atoms in total. The molecule has 0 saturated carbocycles. The highest BCUT2D eigenvalue weighted by Crippen LogP contribution is 2.25. The van der Waals surface area contributed by atoms with Crippen LogP contribution in [0.3, 0.4) is 0 Å². The van der Waals surface area contributed by atoms with Gasteiger partial charge in [-0.1, -0.05) is 38.8 Å². The number of nitrogen functional groups attached to an aromatic ring is 1. The van der Waals surface area contributed by atoms with Crippen molar-refractivity contribution in [1.29, 1.82) is 0 Å². The molecule has 1 aliphatic heterocycles. The van der Waals surface area contributed by atoms with Gasteiger partial charge in [0.25, 0.3) is 5.91 Å². The Kier molecular flexibility index (Phi) is 7.88. The number of amides is 1. The molecule has 1 aromatic carbocycles. The molecule has 3 unspecified atom stereocenters. The largest absolute Gasteiger partial charge is 0.382 e. The highest BCUT2D eigenvalue weighted by Gasteiger charge is 2.26. The highest BCUT2D eigenvalue weighted by atomic mass is 31.1. The number of benzene rings is 1. The van der Waals surface area contributed by atoms with Crippen molar-refractivity contribution in [1.82, 2.24) is 35.4 Å². The van der Waals surface area contributed by atoms with Gasteiger partial charge in [-0.25, -0.2) is 9.97 Å². The van der Waals surface area contributed by atoms with Gasteiger partial charge in [-0.05, 0) is 30.5 Å². The lowest BCUT2D eigenvalue weighted by Gasteiger charge is -2.28. The van der Waals surface area contributed by atoms with Crippen LogP contribution in [0.5, 0.6) is 0 Å². The summed E-state index contributed by atoms with van der Waals surface area (Å²) in [6, 6.07) is 7.52. The average molecular weight is 494 g/mol. The average Bonchev–Trinajstić information content (AvgIpc) is 3.22. The lowest BCUT2D eigenvalue weighted by Crippen LogP contribution is -2.37. The normalized spacial score (nSPS) is 17.6. The van der Waals surface area contributed by atoms with Crippen LogP contribution in [0.25, 0.3) is 22.8 Å². The van der Waals surface area contributed by atoms with Gasteiger partial charge in [0.1, 0.15) is 6.66 Å². The standard InChI is InChI=1S/C25H33N8OP/c1-5-6-16(2)19-13-27-11-12-33(15-19)24(34)18-9-7-17(8-10-18)20-14-28-22(26)21(29-20)23-30-25(32-31-23)35(3)4/h7-10,14,16,19,27H,3,5-6,11-13,15H2,1-2,4H3,(H2-,26,28,29,30,31,32,34)/p+1. The number of carbonyl (C=O) groups excluding carboxylic acids is 1. The van der Waals surface area contributed by atoms with E-state index < -0.39 is 7.55 Å². The molecule has 1 fully saturated rings. The summed E-state index contributed by atoms with van der Waals surface area (Å²) in [6.07, 6.45) is 7.97. The third-order valence-electron chi connectivity index (χ3n) is 6.52. The molecule has 0 bridgehead atoms. The Labute approximate surface area is 207 Å². The van der Waals surface area contributed by atoms with Crippen molar-refractivity contribution in [2.75, 3.05) is 38.6 Å². The minimum atomic E-state index is -0.685. The van der Waals surface area contributed by atoms with Crippen molar-refractivity contribution >= 4 is 31.1 Å². The van der Waals surface area contributed by atoms with Crippen LogP contribution >= 0.6 is 7.55 Å². The predicted octanol–water partition coefficient (Wildman–Crippen LogP) is 2.78. The second kappa shape index (κ2) is 11.1. The Bertz CT molecular complexity index is 1190. The molecular formula is C25H34N8OP+. The van der Waals surface area contributed by atoms with Gasteiger partial charge in [-0.2, -0.15) is 4.98 Å². The summed E-state index contributed by atoms with van der Waals surface area (Å²) in [5, 5.41) is 10.6. The molecule has 35 heavy (non-hydrogen) atoms. The first-order valence-electron chi connectivity index (χ1n) is 12.1. The van der Waals surface area contributed by atoms with Crippen LogP contribution in [0.4, 0.5) is 5.82 Å². The fourth-order valence-electron chi connectivity index (χ4n) is 4.40. The lowest BCUT2D eigenvalue weighted by atomic mass is 9.89. The number of rotatable bonds is 7. The second-order valence-electron chi connectivity index (χ2n) is 9.23. The van der Waals surface area contributed by atoms with E-state index in [1.807, 2.05) is 35.8 Å². The van der Waals surface area contributed by atoms with Gasteiger partial charge in [0.15, 0.2) is 24.9 Å². The number of carbonyl (C=O) groups is 1. The van der Waals surface area contributed by atoms with E-state index in [2.05, 4.69) is 50.6 Å². The lowest BCUT2D eigenvalue weighted by molar-refractivity contribution is 0.0732. The Hall–Kier alpha value is -3.16. The summed E-state index contributed by atoms with van der Waals surface area (Å²) in [4.78, 5) is 28.7. The van der Waals surface area contributed by atoms with Crippen LogP contribution in [-0.4, -0.2) is 75.1 Å². The Morgan fingerprint density at radius 3 is 2.77 bits per heavy atom. The van der Waals surface area contributed by atoms with Gasteiger partial charge in [0.2, 0.25) is 0 Å². The van der Waals surface area contributed by atoms with Crippen LogP contribution in [0, 0.1) is 11.8 Å². The number of aromatic amines is 1. The molecule has 0 aliphatic carbocycles. The van der Waals surface area contributed by atoms with E-state index in [9.17, 15) is 4.79 Å². The zero-order valence-corrected chi connectivity index (χ0v) is 21.6. The van der Waals surface area contributed by atoms with Crippen molar-refractivity contribution in [3.63, 3.8) is 0 Å². The highest BCUT2D eigenvalue weighted by molar-refractivity contribution is 7.62. The van der Waals surface area contributed by atoms with Crippen LogP contribution < -0.4 is 16.6 Å². The number of aromatic nitrogens is 5. The van der Waals surface area contributed by atoms with Gasteiger partial charge in [0.05, 0.1) is 18.2 Å². The fraction of sp³-hybridized carbons (Fsp3) is 0.440. The van der Waals surface area contributed by atoms with Crippen LogP contribution in [0.15, 0.2) is 30.5 Å². The summed E-state index contributed by atoms with van der Waals surface area (Å²) in [5.74, 6) is 1.86. The second-order valence-corrected chi connectivity index (χ2v) is 11.0. The third kappa shape index (κ3) is 5.74.